The van der Waals surface area contributed by atoms with E-state index in [1.165, 1.54) is 37.9 Å². The molecule has 6 nitrogen and oxygen atoms in total. The van der Waals surface area contributed by atoms with Gasteiger partial charge in [0.05, 0.1) is 22.8 Å². The number of benzene rings is 1. The molecule has 0 saturated heterocycles. The molecule has 0 saturated carbocycles. The summed E-state index contributed by atoms with van der Waals surface area (Å²) in [5.41, 5.74) is 1.77. The van der Waals surface area contributed by atoms with Gasteiger partial charge in [-0.25, -0.2) is 4.79 Å². The van der Waals surface area contributed by atoms with Crippen LogP contribution in [0.15, 0.2) is 29.7 Å². The molecule has 0 aliphatic heterocycles. The number of rotatable bonds is 3. The molecule has 0 unspecified atom stereocenters. The number of carbonyl (C=O) groups is 1. The quantitative estimate of drug-likeness (QED) is 0.635. The lowest BCUT2D eigenvalue weighted by molar-refractivity contribution is 0.0697. The van der Waals surface area contributed by atoms with E-state index < -0.39 is 5.97 Å². The molecule has 1 N–H and O–H groups in total. The fourth-order valence-electron chi connectivity index (χ4n) is 1.43. The Balaban J connectivity index is 2.69. The van der Waals surface area contributed by atoms with Crippen LogP contribution in [0.5, 0.6) is 0 Å². The fourth-order valence-corrected chi connectivity index (χ4v) is 1.43. The lowest BCUT2D eigenvalue weighted by Crippen LogP contribution is -2.00. The Morgan fingerprint density at radius 1 is 1.41 bits per heavy atom. The van der Waals surface area contributed by atoms with Crippen LogP contribution in [0.3, 0.4) is 0 Å². The van der Waals surface area contributed by atoms with E-state index in [0.717, 1.165) is 0 Å². The lowest BCUT2D eigenvalue weighted by atomic mass is 10.1. The number of oxime groups is 1. The van der Waals surface area contributed by atoms with Crippen LogP contribution in [0.25, 0.3) is 11.0 Å². The number of carboxylic acids is 1. The average Bonchev–Trinajstić information content (AvgIpc) is 2.35. The highest BCUT2D eigenvalue weighted by Crippen LogP contribution is 2.16. The summed E-state index contributed by atoms with van der Waals surface area (Å²) >= 11 is 0. The SMILES string of the molecule is CON=Cc1cc(C(=O)O)cc2nccnc12. The molecular weight excluding hydrogens is 222 g/mol. The zero-order valence-electron chi connectivity index (χ0n) is 8.99. The molecule has 0 spiro atoms. The number of aromatic carboxylic acids is 1. The first-order valence-electron chi connectivity index (χ1n) is 4.77. The Morgan fingerprint density at radius 2 is 2.18 bits per heavy atom. The first-order chi connectivity index (χ1) is 8.22. The van der Waals surface area contributed by atoms with E-state index in [4.69, 9.17) is 5.11 Å². The van der Waals surface area contributed by atoms with Crippen LogP contribution >= 0.6 is 0 Å². The van der Waals surface area contributed by atoms with Gasteiger partial charge in [0.15, 0.2) is 0 Å². The molecule has 0 amide bonds. The zero-order chi connectivity index (χ0) is 12.3. The normalized spacial score (nSPS) is 10.9. The van der Waals surface area contributed by atoms with Gasteiger partial charge < -0.3 is 9.94 Å². The van der Waals surface area contributed by atoms with Crippen molar-refractivity contribution < 1.29 is 14.7 Å². The molecule has 0 atom stereocenters. The van der Waals surface area contributed by atoms with Crippen molar-refractivity contribution in [3.63, 3.8) is 0 Å². The second-order valence-electron chi connectivity index (χ2n) is 3.21. The first-order valence-corrected chi connectivity index (χ1v) is 4.77. The van der Waals surface area contributed by atoms with Crippen molar-refractivity contribution in [1.29, 1.82) is 0 Å². The molecular formula is C11H9N3O3. The molecule has 17 heavy (non-hydrogen) atoms. The van der Waals surface area contributed by atoms with Crippen LogP contribution in [0.2, 0.25) is 0 Å². The number of hydrogen-bond acceptors (Lipinski definition) is 5. The molecule has 0 fully saturated rings. The summed E-state index contributed by atoms with van der Waals surface area (Å²) in [7, 11) is 1.41. The summed E-state index contributed by atoms with van der Waals surface area (Å²) in [5, 5.41) is 12.6. The lowest BCUT2D eigenvalue weighted by Gasteiger charge is -2.02. The first kappa shape index (κ1) is 11.0. The Labute approximate surface area is 96.6 Å². The van der Waals surface area contributed by atoms with Crippen LogP contribution in [-0.4, -0.2) is 34.4 Å². The molecule has 1 heterocycles. The second kappa shape index (κ2) is 4.56. The van der Waals surface area contributed by atoms with Crippen LogP contribution in [0.1, 0.15) is 15.9 Å². The third-order valence-corrected chi connectivity index (χ3v) is 2.15. The number of fused-ring (bicyclic) bond motifs is 1. The number of hydrogen-bond donors (Lipinski definition) is 1. The molecule has 86 valence electrons. The van der Waals surface area contributed by atoms with Crippen molar-refractivity contribution in [2.24, 2.45) is 5.16 Å². The van der Waals surface area contributed by atoms with E-state index in [1.54, 1.807) is 0 Å². The number of aromatic nitrogens is 2. The molecule has 1 aromatic carbocycles. The third kappa shape index (κ3) is 2.20. The predicted octanol–water partition coefficient (Wildman–Crippen LogP) is 1.31. The van der Waals surface area contributed by atoms with E-state index in [9.17, 15) is 4.79 Å². The topological polar surface area (TPSA) is 84.7 Å². The number of carboxylic acid groups (broad SMARTS) is 1. The van der Waals surface area contributed by atoms with E-state index in [2.05, 4.69) is 20.0 Å². The summed E-state index contributed by atoms with van der Waals surface area (Å²) in [4.78, 5) is 23.7. The van der Waals surface area contributed by atoms with Gasteiger partial charge in [-0.15, -0.1) is 0 Å². The average molecular weight is 231 g/mol. The third-order valence-electron chi connectivity index (χ3n) is 2.15. The van der Waals surface area contributed by atoms with Crippen molar-refractivity contribution in [3.8, 4) is 0 Å². The van der Waals surface area contributed by atoms with Crippen LogP contribution in [0, 0.1) is 0 Å². The zero-order valence-corrected chi connectivity index (χ0v) is 8.99. The summed E-state index contributed by atoms with van der Waals surface area (Å²) in [5.74, 6) is -1.02. The molecule has 1 aromatic heterocycles. The standard InChI is InChI=1S/C11H9N3O3/c1-17-14-6-8-4-7(11(15)16)5-9-10(8)13-3-2-12-9/h2-6H,1H3,(H,15,16). The molecule has 0 aliphatic carbocycles. The van der Waals surface area contributed by atoms with Gasteiger partial charge in [-0.1, -0.05) is 5.16 Å². The summed E-state index contributed by atoms with van der Waals surface area (Å²) in [6.07, 6.45) is 4.45. The minimum absolute atomic E-state index is 0.135. The van der Waals surface area contributed by atoms with Crippen molar-refractivity contribution >= 4 is 23.2 Å². The summed E-state index contributed by atoms with van der Waals surface area (Å²) in [6.45, 7) is 0. The van der Waals surface area contributed by atoms with Gasteiger partial charge in [-0.2, -0.15) is 0 Å². The van der Waals surface area contributed by atoms with Gasteiger partial charge in [0, 0.05) is 18.0 Å². The van der Waals surface area contributed by atoms with Crippen molar-refractivity contribution in [3.05, 3.63) is 35.7 Å². The molecule has 6 heteroatoms. The van der Waals surface area contributed by atoms with Crippen LogP contribution < -0.4 is 0 Å². The van der Waals surface area contributed by atoms with Gasteiger partial charge in [0.25, 0.3) is 0 Å². The minimum Gasteiger partial charge on any atom is -0.478 e. The highest BCUT2D eigenvalue weighted by atomic mass is 16.6. The monoisotopic (exact) mass is 231 g/mol. The predicted molar refractivity (Wildman–Crippen MR) is 61.1 cm³/mol. The van der Waals surface area contributed by atoms with Crippen molar-refractivity contribution in [2.45, 2.75) is 0 Å². The largest absolute Gasteiger partial charge is 0.478 e. The van der Waals surface area contributed by atoms with Crippen LogP contribution in [-0.2, 0) is 4.84 Å². The minimum atomic E-state index is -1.02. The van der Waals surface area contributed by atoms with Gasteiger partial charge in [-0.05, 0) is 12.1 Å². The highest BCUT2D eigenvalue weighted by molar-refractivity contribution is 6.01. The highest BCUT2D eigenvalue weighted by Gasteiger charge is 2.09. The summed E-state index contributed by atoms with van der Waals surface area (Å²) < 4.78 is 0. The number of nitrogens with zero attached hydrogens (tertiary/aromatic N) is 3. The maximum Gasteiger partial charge on any atom is 0.335 e. The van der Waals surface area contributed by atoms with E-state index in [0.29, 0.717) is 16.6 Å². The fraction of sp³-hybridized carbons (Fsp3) is 0.0909. The van der Waals surface area contributed by atoms with Gasteiger partial charge in [-0.3, -0.25) is 9.97 Å². The maximum absolute atomic E-state index is 10.9. The maximum atomic E-state index is 10.9. The van der Waals surface area contributed by atoms with Crippen molar-refractivity contribution in [2.75, 3.05) is 7.11 Å². The van der Waals surface area contributed by atoms with Crippen molar-refractivity contribution in [1.82, 2.24) is 9.97 Å². The Kier molecular flexibility index (Phi) is 2.95. The molecule has 0 bridgehead atoms. The Hall–Kier alpha value is -2.50. The molecule has 2 rings (SSSR count). The summed E-state index contributed by atoms with van der Waals surface area (Å²) in [6, 6.07) is 2.94. The van der Waals surface area contributed by atoms with E-state index in [-0.39, 0.29) is 5.56 Å². The molecule has 0 aliphatic rings. The van der Waals surface area contributed by atoms with E-state index in [1.807, 2.05) is 0 Å². The molecule has 0 radical (unpaired) electrons. The van der Waals surface area contributed by atoms with E-state index >= 15 is 0 Å². The Bertz CT molecular complexity index is 596. The van der Waals surface area contributed by atoms with Gasteiger partial charge >= 0.3 is 5.97 Å². The Morgan fingerprint density at radius 3 is 2.88 bits per heavy atom. The smallest absolute Gasteiger partial charge is 0.335 e. The van der Waals surface area contributed by atoms with Gasteiger partial charge in [0.2, 0.25) is 0 Å². The molecule has 2 aromatic rings. The van der Waals surface area contributed by atoms with Crippen LogP contribution in [0.4, 0.5) is 0 Å². The second-order valence-corrected chi connectivity index (χ2v) is 3.21. The van der Waals surface area contributed by atoms with Gasteiger partial charge in [0.1, 0.15) is 7.11 Å².